The number of carboxylic acid groups (broad SMARTS) is 1. The van der Waals surface area contributed by atoms with Gasteiger partial charge in [-0.2, -0.15) is 0 Å². The molecule has 0 aliphatic carbocycles. The van der Waals surface area contributed by atoms with Crippen molar-refractivity contribution in [2.45, 2.75) is 37.5 Å². The maximum atomic E-state index is 10.4. The minimum Gasteiger partial charge on any atom is -0.481 e. The van der Waals surface area contributed by atoms with Gasteiger partial charge >= 0.3 is 12.6 Å². The third kappa shape index (κ3) is 7.68. The van der Waals surface area contributed by atoms with E-state index in [4.69, 9.17) is 26.0 Å². The van der Waals surface area contributed by atoms with Crippen molar-refractivity contribution in [2.24, 2.45) is 0 Å². The van der Waals surface area contributed by atoms with E-state index in [-0.39, 0.29) is 6.42 Å². The van der Waals surface area contributed by atoms with E-state index in [9.17, 15) is 4.79 Å². The average molecular weight is 377 g/mol. The SMILES string of the molecule is COP(=S)(NCCCCCC(=O)O)Oc1ccc(SC)c(C)c1. The van der Waals surface area contributed by atoms with Crippen molar-refractivity contribution in [1.82, 2.24) is 5.09 Å². The molecule has 1 aromatic rings. The molecule has 1 rings (SSSR count). The zero-order valence-electron chi connectivity index (χ0n) is 13.7. The zero-order valence-corrected chi connectivity index (χ0v) is 16.2. The molecular formula is C15H24NO4PS2. The standard InChI is InChI=1S/C15H24NO4PS2/c1-12-11-13(8-9-14(12)23-3)20-21(22,19-2)16-10-6-4-5-7-15(17)18/h8-9,11H,4-7,10H2,1-3H3,(H,16,22)(H,17,18). The minimum absolute atomic E-state index is 0.204. The molecule has 0 radical (unpaired) electrons. The average Bonchev–Trinajstić information content (AvgIpc) is 2.50. The second-order valence-electron chi connectivity index (χ2n) is 5.02. The molecule has 0 bridgehead atoms. The van der Waals surface area contributed by atoms with Gasteiger partial charge in [-0.15, -0.1) is 11.8 Å². The first-order valence-electron chi connectivity index (χ1n) is 7.37. The predicted molar refractivity (Wildman–Crippen MR) is 99.0 cm³/mol. The van der Waals surface area contributed by atoms with E-state index >= 15 is 0 Å². The highest BCUT2D eigenvalue weighted by Gasteiger charge is 2.18. The topological polar surface area (TPSA) is 67.8 Å². The van der Waals surface area contributed by atoms with Gasteiger partial charge in [-0.3, -0.25) is 4.79 Å². The largest absolute Gasteiger partial charge is 0.481 e. The van der Waals surface area contributed by atoms with Crippen LogP contribution in [0.25, 0.3) is 0 Å². The number of unbranched alkanes of at least 4 members (excludes halogenated alkanes) is 2. The van der Waals surface area contributed by atoms with Gasteiger partial charge in [0.1, 0.15) is 5.75 Å². The molecule has 1 aromatic carbocycles. The summed E-state index contributed by atoms with van der Waals surface area (Å²) >= 11 is 7.16. The molecule has 0 aromatic heterocycles. The monoisotopic (exact) mass is 377 g/mol. The number of aryl methyl sites for hydroxylation is 1. The molecule has 0 amide bonds. The molecule has 1 unspecified atom stereocenters. The van der Waals surface area contributed by atoms with E-state index in [1.165, 1.54) is 4.90 Å². The van der Waals surface area contributed by atoms with E-state index in [2.05, 4.69) is 5.09 Å². The molecule has 0 saturated heterocycles. The van der Waals surface area contributed by atoms with Crippen molar-refractivity contribution < 1.29 is 18.9 Å². The van der Waals surface area contributed by atoms with E-state index in [0.29, 0.717) is 18.7 Å². The summed E-state index contributed by atoms with van der Waals surface area (Å²) in [5.41, 5.74) is 1.14. The fourth-order valence-electron chi connectivity index (χ4n) is 1.97. The van der Waals surface area contributed by atoms with Crippen LogP contribution in [-0.4, -0.2) is 31.0 Å². The third-order valence-corrected chi connectivity index (χ3v) is 6.70. The van der Waals surface area contributed by atoms with Gasteiger partial charge < -0.3 is 14.2 Å². The highest BCUT2D eigenvalue weighted by atomic mass is 32.5. The van der Waals surface area contributed by atoms with Gasteiger partial charge in [-0.25, -0.2) is 5.09 Å². The normalized spacial score (nSPS) is 13.5. The molecule has 2 N–H and O–H groups in total. The molecule has 23 heavy (non-hydrogen) atoms. The van der Waals surface area contributed by atoms with Gasteiger partial charge in [0.2, 0.25) is 0 Å². The Hall–Kier alpha value is -0.590. The van der Waals surface area contributed by atoms with Crippen molar-refractivity contribution in [2.75, 3.05) is 19.9 Å². The highest BCUT2D eigenvalue weighted by molar-refractivity contribution is 8.09. The number of rotatable bonds is 11. The smallest absolute Gasteiger partial charge is 0.312 e. The molecule has 130 valence electrons. The first kappa shape index (κ1) is 20.5. The minimum atomic E-state index is -2.57. The van der Waals surface area contributed by atoms with Crippen LogP contribution in [0.3, 0.4) is 0 Å². The maximum Gasteiger partial charge on any atom is 0.312 e. The van der Waals surface area contributed by atoms with Crippen molar-refractivity contribution in [3.63, 3.8) is 0 Å². The molecule has 8 heteroatoms. The summed E-state index contributed by atoms with van der Waals surface area (Å²) in [6.07, 6.45) is 4.58. The van der Waals surface area contributed by atoms with Gasteiger partial charge in [0.15, 0.2) is 0 Å². The number of benzene rings is 1. The predicted octanol–water partition coefficient (Wildman–Crippen LogP) is 4.20. The highest BCUT2D eigenvalue weighted by Crippen LogP contribution is 2.44. The zero-order chi connectivity index (χ0) is 17.3. The second kappa shape index (κ2) is 10.3. The van der Waals surface area contributed by atoms with Crippen LogP contribution in [-0.2, 0) is 21.1 Å². The van der Waals surface area contributed by atoms with Crippen molar-refractivity contribution >= 4 is 36.2 Å². The van der Waals surface area contributed by atoms with Gasteiger partial charge in [0.25, 0.3) is 0 Å². The lowest BCUT2D eigenvalue weighted by molar-refractivity contribution is -0.137. The number of carbonyl (C=O) groups is 1. The summed E-state index contributed by atoms with van der Waals surface area (Å²) in [7, 11) is 1.54. The summed E-state index contributed by atoms with van der Waals surface area (Å²) in [5.74, 6) is -0.0591. The van der Waals surface area contributed by atoms with Crippen molar-refractivity contribution in [3.8, 4) is 5.75 Å². The van der Waals surface area contributed by atoms with Gasteiger partial charge in [-0.05, 0) is 61.6 Å². The van der Waals surface area contributed by atoms with Crippen LogP contribution in [0, 0.1) is 6.92 Å². The third-order valence-electron chi connectivity index (χ3n) is 3.21. The van der Waals surface area contributed by atoms with Gasteiger partial charge in [-0.1, -0.05) is 6.42 Å². The van der Waals surface area contributed by atoms with Crippen LogP contribution in [0.2, 0.25) is 0 Å². The Kier molecular flexibility index (Phi) is 9.17. The van der Waals surface area contributed by atoms with Crippen molar-refractivity contribution in [3.05, 3.63) is 23.8 Å². The Labute approximate surface area is 147 Å². The molecule has 0 heterocycles. The van der Waals surface area contributed by atoms with Crippen LogP contribution in [0.1, 0.15) is 31.2 Å². The Morgan fingerprint density at radius 2 is 2.13 bits per heavy atom. The summed E-state index contributed by atoms with van der Waals surface area (Å²) in [5, 5.41) is 11.8. The van der Waals surface area contributed by atoms with Crippen LogP contribution < -0.4 is 9.61 Å². The van der Waals surface area contributed by atoms with Crippen LogP contribution >= 0.6 is 18.4 Å². The summed E-state index contributed by atoms with van der Waals surface area (Å²) in [6, 6.07) is 5.87. The summed E-state index contributed by atoms with van der Waals surface area (Å²) < 4.78 is 11.2. The molecule has 5 nitrogen and oxygen atoms in total. The molecule has 0 spiro atoms. The van der Waals surface area contributed by atoms with Gasteiger partial charge in [0.05, 0.1) is 0 Å². The first-order valence-corrected chi connectivity index (χ1v) is 11.2. The number of thioether (sulfide) groups is 1. The second-order valence-corrected chi connectivity index (χ2v) is 9.16. The number of hydrogen-bond acceptors (Lipinski definition) is 5. The quantitative estimate of drug-likeness (QED) is 0.340. The maximum absolute atomic E-state index is 10.4. The Balaban J connectivity index is 2.49. The van der Waals surface area contributed by atoms with Crippen molar-refractivity contribution in [1.29, 1.82) is 0 Å². The molecule has 1 atom stereocenters. The van der Waals surface area contributed by atoms with Gasteiger partial charge in [0, 0.05) is 25.0 Å². The Morgan fingerprint density at radius 1 is 1.39 bits per heavy atom. The van der Waals surface area contributed by atoms with E-state index in [0.717, 1.165) is 18.4 Å². The fraction of sp³-hybridized carbons (Fsp3) is 0.533. The lowest BCUT2D eigenvalue weighted by Crippen LogP contribution is -2.17. The summed E-state index contributed by atoms with van der Waals surface area (Å²) in [6.45, 7) is 0.105. The Morgan fingerprint density at radius 3 is 2.70 bits per heavy atom. The lowest BCUT2D eigenvalue weighted by atomic mass is 10.2. The first-order chi connectivity index (χ1) is 10.9. The summed E-state index contributed by atoms with van der Waals surface area (Å²) in [4.78, 5) is 11.6. The van der Waals surface area contributed by atoms with Crippen LogP contribution in [0.5, 0.6) is 5.75 Å². The molecule has 0 fully saturated rings. The number of hydrogen-bond donors (Lipinski definition) is 2. The number of carboxylic acids is 1. The molecule has 0 aliphatic heterocycles. The number of nitrogens with one attached hydrogen (secondary N) is 1. The lowest BCUT2D eigenvalue weighted by Gasteiger charge is -2.22. The number of aliphatic carboxylic acids is 1. The van der Waals surface area contributed by atoms with E-state index < -0.39 is 12.6 Å². The molecule has 0 saturated carbocycles. The fourth-order valence-corrected chi connectivity index (χ4v) is 4.18. The molecular weight excluding hydrogens is 353 g/mol. The Bertz CT molecular complexity index is 568. The van der Waals surface area contributed by atoms with Crippen LogP contribution in [0.15, 0.2) is 23.1 Å². The van der Waals surface area contributed by atoms with E-state index in [1.54, 1.807) is 18.9 Å². The molecule has 0 aliphatic rings. The van der Waals surface area contributed by atoms with Crippen LogP contribution in [0.4, 0.5) is 0 Å². The van der Waals surface area contributed by atoms with E-state index in [1.807, 2.05) is 31.4 Å².